The Balaban J connectivity index is 1.32. The van der Waals surface area contributed by atoms with Crippen molar-refractivity contribution in [2.75, 3.05) is 0 Å². The van der Waals surface area contributed by atoms with Crippen molar-refractivity contribution in [3.8, 4) is 33.4 Å². The summed E-state index contributed by atoms with van der Waals surface area (Å²) in [5, 5.41) is 3.38. The summed E-state index contributed by atoms with van der Waals surface area (Å²) in [6.07, 6.45) is 5.36. The first-order chi connectivity index (χ1) is 27.1. The predicted molar refractivity (Wildman–Crippen MR) is 242 cm³/mol. The molecule has 6 aromatic carbocycles. The molecule has 1 aliphatic heterocycles. The van der Waals surface area contributed by atoms with Crippen LogP contribution in [0.3, 0.4) is 0 Å². The first kappa shape index (κ1) is 37.5. The third-order valence-electron chi connectivity index (χ3n) is 13.1. The molecule has 0 radical (unpaired) electrons. The van der Waals surface area contributed by atoms with Crippen molar-refractivity contribution in [1.82, 2.24) is 0 Å². The summed E-state index contributed by atoms with van der Waals surface area (Å²) in [6, 6.07) is 49.9. The van der Waals surface area contributed by atoms with Gasteiger partial charge in [-0.3, -0.25) is 0 Å². The fourth-order valence-electron chi connectivity index (χ4n) is 10.4. The Labute approximate surface area is 346 Å². The molecule has 2 aliphatic carbocycles. The summed E-state index contributed by atoms with van der Waals surface area (Å²) in [5.41, 5.74) is 21.1. The van der Waals surface area contributed by atoms with Gasteiger partial charge < -0.3 is 0 Å². The molecule has 0 nitrogen and oxygen atoms in total. The molecule has 2 unspecified atom stereocenters. The zero-order valence-corrected chi connectivity index (χ0v) is 39.5. The number of hydrogen-bond acceptors (Lipinski definition) is 0. The van der Waals surface area contributed by atoms with E-state index < -0.39 is 31.0 Å². The average Bonchev–Trinajstić information content (AvgIpc) is 3.91. The van der Waals surface area contributed by atoms with Gasteiger partial charge in [-0.25, -0.2) is 0 Å². The van der Waals surface area contributed by atoms with Crippen molar-refractivity contribution in [3.63, 3.8) is 0 Å². The standard InChI is InChI=1S/2C21H23.C12H9Si.Hf/c2*1-14(2)17-12-16-8-7-11-20(21(16)13-17)19-10-6-5-9-18(19)15(3)4;1-3-7-11-9(5-1)10-6-2-4-8-12(10)13-11;/h2*5-15H,1-4H3;1-7H,13H2;. The number of rotatable bonds is 9. The average molecular weight is 911 g/mol. The molecular formula is C54H55HfSi. The van der Waals surface area contributed by atoms with Crippen LogP contribution in [-0.4, -0.2) is 9.52 Å². The first-order valence-corrected chi connectivity index (χ1v) is 28.4. The van der Waals surface area contributed by atoms with E-state index in [1.54, 1.807) is 36.0 Å². The third kappa shape index (κ3) is 6.18. The molecule has 0 spiro atoms. The second kappa shape index (κ2) is 15.0. The van der Waals surface area contributed by atoms with Crippen LogP contribution in [0.2, 0.25) is 0 Å². The van der Waals surface area contributed by atoms with Crippen LogP contribution in [-0.2, 0) is 21.4 Å². The van der Waals surface area contributed by atoms with Gasteiger partial charge in [0.1, 0.15) is 0 Å². The zero-order chi connectivity index (χ0) is 38.8. The van der Waals surface area contributed by atoms with E-state index in [9.17, 15) is 0 Å². The molecule has 2 atom stereocenters. The first-order valence-electron chi connectivity index (χ1n) is 21.1. The summed E-state index contributed by atoms with van der Waals surface area (Å²) in [6.45, 7) is 19.3. The van der Waals surface area contributed by atoms with Crippen LogP contribution in [0.4, 0.5) is 0 Å². The van der Waals surface area contributed by atoms with Crippen LogP contribution < -0.4 is 13.7 Å². The van der Waals surface area contributed by atoms with Crippen molar-refractivity contribution in [1.29, 1.82) is 0 Å². The van der Waals surface area contributed by atoms with Crippen LogP contribution in [0.5, 0.6) is 0 Å². The van der Waals surface area contributed by atoms with Gasteiger partial charge in [-0.15, -0.1) is 0 Å². The normalized spacial score (nSPS) is 17.1. The van der Waals surface area contributed by atoms with Crippen LogP contribution >= 0.6 is 0 Å². The molecule has 0 aromatic heterocycles. The molecule has 56 heavy (non-hydrogen) atoms. The number of benzene rings is 6. The fraction of sp³-hybridized carbons (Fsp3) is 0.259. The van der Waals surface area contributed by atoms with Crippen molar-refractivity contribution >= 4 is 35.4 Å². The Morgan fingerprint density at radius 1 is 0.411 bits per heavy atom. The van der Waals surface area contributed by atoms with Crippen LogP contribution in [0.15, 0.2) is 139 Å². The van der Waals surface area contributed by atoms with E-state index in [1.807, 2.05) is 0 Å². The van der Waals surface area contributed by atoms with Gasteiger partial charge in [-0.1, -0.05) is 0 Å². The Morgan fingerprint density at radius 2 is 0.839 bits per heavy atom. The summed E-state index contributed by atoms with van der Waals surface area (Å²) < 4.78 is 2.73. The number of fused-ring (bicyclic) bond motifs is 5. The van der Waals surface area contributed by atoms with Gasteiger partial charge in [-0.2, -0.15) is 0 Å². The van der Waals surface area contributed by atoms with E-state index in [0.717, 1.165) is 0 Å². The minimum atomic E-state index is -3.16. The summed E-state index contributed by atoms with van der Waals surface area (Å²) in [5.74, 6) is 1.84. The maximum atomic E-state index is 2.68. The summed E-state index contributed by atoms with van der Waals surface area (Å²) in [7, 11) is -0.623. The Hall–Kier alpha value is -4.11. The minimum absolute atomic E-state index is 0.460. The second-order valence-corrected chi connectivity index (χ2v) is 28.9. The van der Waals surface area contributed by atoms with E-state index in [-0.39, 0.29) is 0 Å². The van der Waals surface area contributed by atoms with Crippen LogP contribution in [0, 0.1) is 11.8 Å². The van der Waals surface area contributed by atoms with E-state index >= 15 is 0 Å². The quantitative estimate of drug-likeness (QED) is 0.127. The molecular weight excluding hydrogens is 855 g/mol. The topological polar surface area (TPSA) is 0 Å². The second-order valence-electron chi connectivity index (χ2n) is 17.7. The monoisotopic (exact) mass is 911 g/mol. The van der Waals surface area contributed by atoms with Gasteiger partial charge in [0.2, 0.25) is 0 Å². The van der Waals surface area contributed by atoms with Gasteiger partial charge in [0, 0.05) is 0 Å². The molecule has 0 saturated carbocycles. The fourth-order valence-corrected chi connectivity index (χ4v) is 31.0. The van der Waals surface area contributed by atoms with Gasteiger partial charge in [0.05, 0.1) is 0 Å². The van der Waals surface area contributed by atoms with Crippen molar-refractivity contribution in [2.45, 2.75) is 74.6 Å². The van der Waals surface area contributed by atoms with Gasteiger partial charge >= 0.3 is 349 Å². The molecule has 0 N–H and O–H groups in total. The van der Waals surface area contributed by atoms with E-state index in [0.29, 0.717) is 31.0 Å². The Kier molecular flexibility index (Phi) is 10.0. The molecule has 6 aromatic rings. The van der Waals surface area contributed by atoms with Crippen molar-refractivity contribution < 1.29 is 21.4 Å². The number of allylic oxidation sites excluding steroid dienone is 2. The summed E-state index contributed by atoms with van der Waals surface area (Å²) in [4.78, 5) is 0. The van der Waals surface area contributed by atoms with Crippen molar-refractivity contribution in [2.24, 2.45) is 11.8 Å². The zero-order valence-electron chi connectivity index (χ0n) is 34.5. The molecule has 279 valence electrons. The molecule has 0 fully saturated rings. The molecule has 0 amide bonds. The van der Waals surface area contributed by atoms with E-state index in [4.69, 9.17) is 0 Å². The molecule has 2 heteroatoms. The number of hydrogen-bond donors (Lipinski definition) is 0. The molecule has 0 bridgehead atoms. The molecule has 1 heterocycles. The van der Waals surface area contributed by atoms with E-state index in [2.05, 4.69) is 195 Å². The Morgan fingerprint density at radius 3 is 1.34 bits per heavy atom. The maximum absolute atomic E-state index is 3.16. The summed E-state index contributed by atoms with van der Waals surface area (Å²) >= 11 is -3.16. The van der Waals surface area contributed by atoms with Gasteiger partial charge in [-0.05, 0) is 0 Å². The van der Waals surface area contributed by atoms with Gasteiger partial charge in [0.15, 0.2) is 0 Å². The van der Waals surface area contributed by atoms with E-state index in [1.165, 1.54) is 55.6 Å². The van der Waals surface area contributed by atoms with Gasteiger partial charge in [0.25, 0.3) is 0 Å². The predicted octanol–water partition coefficient (Wildman–Crippen LogP) is 12.2. The van der Waals surface area contributed by atoms with Crippen molar-refractivity contribution in [3.05, 3.63) is 172 Å². The van der Waals surface area contributed by atoms with Crippen LogP contribution in [0.1, 0.15) is 108 Å². The Bertz CT molecular complexity index is 2420. The molecule has 0 saturated heterocycles. The van der Waals surface area contributed by atoms with Crippen LogP contribution in [0.25, 0.3) is 45.5 Å². The third-order valence-corrected chi connectivity index (χ3v) is 29.5. The molecule has 9 rings (SSSR count). The molecule has 3 aliphatic rings. The SMILES string of the molecule is CC(C)C1=Cc2c(-c3ccccc3C(C)C)cccc2[CH]1[Hf]([c]1cccc2c1[SiH2]c1ccccc1-2)[CH]1C(C(C)C)=Cc2c(-c3ccccc3C(C)C)cccc21.